The lowest BCUT2D eigenvalue weighted by molar-refractivity contribution is -0.0518. The van der Waals surface area contributed by atoms with Gasteiger partial charge in [0.2, 0.25) is 0 Å². The maximum absolute atomic E-state index is 14.2. The van der Waals surface area contributed by atoms with Crippen LogP contribution >= 0.6 is 34.9 Å². The molecule has 0 atom stereocenters. The van der Waals surface area contributed by atoms with Crippen LogP contribution in [-0.4, -0.2) is 29.4 Å². The number of thiophene rings is 1. The van der Waals surface area contributed by atoms with E-state index in [1.54, 1.807) is 0 Å². The minimum absolute atomic E-state index is 0.0455. The summed E-state index contributed by atoms with van der Waals surface area (Å²) in [5.74, 6) is -0.844. The third-order valence-corrected chi connectivity index (χ3v) is 7.89. The molecule has 0 bridgehead atoms. The number of ether oxygens (including phenoxy) is 2. The smallest absolute Gasteiger partial charge is 0.400 e. The van der Waals surface area contributed by atoms with E-state index in [9.17, 15) is 26.9 Å². The lowest BCUT2D eigenvalue weighted by atomic mass is 10.1. The molecule has 14 heteroatoms. The third-order valence-electron chi connectivity index (χ3n) is 4.46. The van der Waals surface area contributed by atoms with E-state index in [0.717, 1.165) is 0 Å². The molecule has 7 nitrogen and oxygen atoms in total. The molecule has 0 saturated carbocycles. The number of methoxy groups -OCH3 is 1. The molecule has 0 fully saturated rings. The Labute approximate surface area is 196 Å². The first-order chi connectivity index (χ1) is 15.4. The van der Waals surface area contributed by atoms with Crippen molar-refractivity contribution in [3.63, 3.8) is 0 Å². The van der Waals surface area contributed by atoms with Crippen LogP contribution in [0.15, 0.2) is 40.9 Å². The molecular weight excluding hydrogens is 557 g/mol. The lowest BCUT2D eigenvalue weighted by Gasteiger charge is -2.16. The maximum atomic E-state index is 14.2. The third kappa shape index (κ3) is 5.17. The van der Waals surface area contributed by atoms with Crippen molar-refractivity contribution in [2.75, 3.05) is 7.11 Å². The van der Waals surface area contributed by atoms with Crippen LogP contribution in [0.2, 0.25) is 0 Å². The van der Waals surface area contributed by atoms with E-state index in [-0.39, 0.29) is 43.7 Å². The van der Waals surface area contributed by atoms with Crippen molar-refractivity contribution >= 4 is 50.9 Å². The van der Waals surface area contributed by atoms with Crippen LogP contribution in [0.5, 0.6) is 11.5 Å². The number of halogens is 5. The van der Waals surface area contributed by atoms with E-state index in [4.69, 9.17) is 14.5 Å². The van der Waals surface area contributed by atoms with E-state index < -0.39 is 30.7 Å². The van der Waals surface area contributed by atoms with Crippen molar-refractivity contribution in [1.29, 1.82) is 0 Å². The van der Waals surface area contributed by atoms with Crippen LogP contribution in [0.4, 0.5) is 17.6 Å². The summed E-state index contributed by atoms with van der Waals surface area (Å²) < 4.78 is 74.6. The van der Waals surface area contributed by atoms with Crippen molar-refractivity contribution in [2.24, 2.45) is 0 Å². The van der Waals surface area contributed by atoms with Gasteiger partial charge in [-0.3, -0.25) is 9.36 Å². The topological polar surface area (TPSA) is 105 Å². The Morgan fingerprint density at radius 2 is 1.97 bits per heavy atom. The number of amides is 1. The minimum atomic E-state index is -5.78. The Bertz CT molecular complexity index is 1250. The number of rotatable bonds is 8. The molecule has 0 spiro atoms. The highest BCUT2D eigenvalue weighted by Crippen LogP contribution is 2.62. The minimum Gasteiger partial charge on any atom is -0.493 e. The molecule has 1 amide bonds. The number of benzene rings is 2. The van der Waals surface area contributed by atoms with E-state index in [1.165, 1.54) is 43.5 Å². The highest BCUT2D eigenvalue weighted by molar-refractivity contribution is 9.10. The van der Waals surface area contributed by atoms with E-state index in [1.807, 2.05) is 0 Å². The number of hydrogen-bond donors (Lipinski definition) is 3. The van der Waals surface area contributed by atoms with Gasteiger partial charge in [0, 0.05) is 32.2 Å². The summed E-state index contributed by atoms with van der Waals surface area (Å²) >= 11 is 3.42. The molecule has 0 aliphatic carbocycles. The molecule has 33 heavy (non-hydrogen) atoms. The number of carbonyl (C=O) groups excluding carboxylic acids is 1. The van der Waals surface area contributed by atoms with Crippen molar-refractivity contribution in [3.8, 4) is 11.5 Å². The van der Waals surface area contributed by atoms with E-state index >= 15 is 0 Å². The summed E-state index contributed by atoms with van der Waals surface area (Å²) in [6.45, 7) is -3.32. The predicted molar refractivity (Wildman–Crippen MR) is 116 cm³/mol. The first kappa shape index (κ1) is 25.4. The largest absolute Gasteiger partial charge is 0.493 e. The Morgan fingerprint density at radius 1 is 1.27 bits per heavy atom. The second kappa shape index (κ2) is 9.59. The van der Waals surface area contributed by atoms with Crippen LogP contribution in [0.1, 0.15) is 20.8 Å². The van der Waals surface area contributed by atoms with Gasteiger partial charge in [-0.2, -0.15) is 17.6 Å². The normalized spacial score (nSPS) is 12.3. The molecule has 2 aromatic carbocycles. The Kier molecular flexibility index (Phi) is 7.39. The van der Waals surface area contributed by atoms with Crippen LogP contribution in [0.25, 0.3) is 10.1 Å². The van der Waals surface area contributed by atoms with E-state index in [2.05, 4.69) is 26.0 Å². The van der Waals surface area contributed by atoms with Gasteiger partial charge < -0.3 is 24.6 Å². The van der Waals surface area contributed by atoms with Crippen molar-refractivity contribution in [2.45, 2.75) is 18.8 Å². The van der Waals surface area contributed by atoms with Gasteiger partial charge in [-0.25, -0.2) is 0 Å². The molecule has 3 rings (SSSR count). The molecule has 0 radical (unpaired) electrons. The quantitative estimate of drug-likeness (QED) is 0.246. The monoisotopic (exact) mass is 571 g/mol. The number of carbonyl (C=O) groups is 1. The average molecular weight is 572 g/mol. The zero-order valence-electron chi connectivity index (χ0n) is 16.5. The highest BCUT2D eigenvalue weighted by atomic mass is 79.9. The van der Waals surface area contributed by atoms with Gasteiger partial charge in [-0.15, -0.1) is 11.3 Å². The molecule has 3 aromatic rings. The van der Waals surface area contributed by atoms with Crippen LogP contribution < -0.4 is 14.8 Å². The first-order valence-corrected chi connectivity index (χ1v) is 12.1. The molecule has 1 aromatic heterocycles. The standard InChI is InChI=1S/C19H15BrF4NO6PS/c1-30-12-4-2-3-10(15(12)31-18(21)22)8-25-17(26)9-5-6-13-11(7-9)14(20)16(33-13)19(23,24)32(27,28)29/h2-7,18H,8H2,1H3,(H,25,26)(H2,27,28,29). The molecule has 178 valence electrons. The summed E-state index contributed by atoms with van der Waals surface area (Å²) in [6.07, 6.45) is 0. The first-order valence-electron chi connectivity index (χ1n) is 8.91. The van der Waals surface area contributed by atoms with Crippen LogP contribution in [-0.2, 0) is 16.8 Å². The predicted octanol–water partition coefficient (Wildman–Crippen LogP) is 5.43. The fourth-order valence-corrected chi connectivity index (χ4v) is 5.82. The summed E-state index contributed by atoms with van der Waals surface area (Å²) in [6, 6.07) is 8.35. The van der Waals surface area contributed by atoms with Crippen molar-refractivity contribution < 1.29 is 46.2 Å². The van der Waals surface area contributed by atoms with Crippen LogP contribution in [0, 0.1) is 0 Å². The van der Waals surface area contributed by atoms with Gasteiger partial charge in [0.05, 0.1) is 7.11 Å². The summed E-state index contributed by atoms with van der Waals surface area (Å²) in [5.41, 5.74) is -4.15. The number of nitrogens with one attached hydrogen (secondary N) is 1. The van der Waals surface area contributed by atoms with E-state index in [0.29, 0.717) is 11.3 Å². The molecular formula is C19H15BrF4NO6PS. The molecule has 0 unspecified atom stereocenters. The SMILES string of the molecule is COc1cccc(CNC(=O)c2ccc3sc(C(F)(F)P(=O)(O)O)c(Br)c3c2)c1OC(F)F. The van der Waals surface area contributed by atoms with Gasteiger partial charge >= 0.3 is 19.9 Å². The number of alkyl halides is 4. The Morgan fingerprint density at radius 3 is 2.58 bits per heavy atom. The molecule has 0 aliphatic heterocycles. The van der Waals surface area contributed by atoms with Gasteiger partial charge in [0.15, 0.2) is 11.5 Å². The van der Waals surface area contributed by atoms with Crippen molar-refractivity contribution in [1.82, 2.24) is 5.32 Å². The number of para-hydroxylation sites is 1. The lowest BCUT2D eigenvalue weighted by Crippen LogP contribution is -2.23. The van der Waals surface area contributed by atoms with Gasteiger partial charge in [0.25, 0.3) is 5.91 Å². The van der Waals surface area contributed by atoms with Crippen LogP contribution in [0.3, 0.4) is 0 Å². The molecule has 0 saturated heterocycles. The van der Waals surface area contributed by atoms with Gasteiger partial charge in [-0.05, 0) is 40.2 Å². The van der Waals surface area contributed by atoms with Crippen molar-refractivity contribution in [3.05, 3.63) is 56.9 Å². The fourth-order valence-electron chi connectivity index (χ4n) is 2.90. The summed E-state index contributed by atoms with van der Waals surface area (Å²) in [7, 11) is -4.51. The molecule has 1 heterocycles. The molecule has 0 aliphatic rings. The Balaban J connectivity index is 1.87. The highest BCUT2D eigenvalue weighted by Gasteiger charge is 2.53. The fraction of sp³-hybridized carbons (Fsp3) is 0.211. The van der Waals surface area contributed by atoms with Gasteiger partial charge in [0.1, 0.15) is 4.88 Å². The second-order valence-electron chi connectivity index (χ2n) is 6.55. The zero-order chi connectivity index (χ0) is 24.6. The maximum Gasteiger partial charge on any atom is 0.400 e. The summed E-state index contributed by atoms with van der Waals surface area (Å²) in [4.78, 5) is 29.7. The van der Waals surface area contributed by atoms with Gasteiger partial charge in [-0.1, -0.05) is 12.1 Å². The average Bonchev–Trinajstić information content (AvgIpc) is 3.08. The number of fused-ring (bicyclic) bond motifs is 1. The Hall–Kier alpha value is -2.18. The summed E-state index contributed by atoms with van der Waals surface area (Å²) in [5, 5.41) is 2.67. The second-order valence-corrected chi connectivity index (χ2v) is 10.0. The zero-order valence-corrected chi connectivity index (χ0v) is 19.8. The molecule has 3 N–H and O–H groups in total. The number of hydrogen-bond acceptors (Lipinski definition) is 5.